The molecule has 0 saturated heterocycles. The zero-order valence-electron chi connectivity index (χ0n) is 6.96. The molecule has 0 heterocycles. The van der Waals surface area contributed by atoms with E-state index in [1.54, 1.807) is 0 Å². The molecule has 2 rings (SSSR count). The molecule has 0 spiro atoms. The molecule has 0 radical (unpaired) electrons. The summed E-state index contributed by atoms with van der Waals surface area (Å²) in [6.45, 7) is 0.946. The van der Waals surface area contributed by atoms with Crippen LogP contribution in [-0.4, -0.2) is 6.54 Å². The van der Waals surface area contributed by atoms with Crippen molar-refractivity contribution in [3.8, 4) is 0 Å². The van der Waals surface area contributed by atoms with E-state index in [-0.39, 0.29) is 12.4 Å². The Bertz CT molecular complexity index is 127. The Morgan fingerprint density at radius 3 is 2.64 bits per heavy atom. The predicted octanol–water partition coefficient (Wildman–Crippen LogP) is 2.19. The Hall–Kier alpha value is 0.250. The first-order valence-electron chi connectivity index (χ1n) is 4.62. The largest absolute Gasteiger partial charge is 0.330 e. The number of nitrogens with two attached hydrogens (primary N) is 1. The summed E-state index contributed by atoms with van der Waals surface area (Å²) < 4.78 is 0. The lowest BCUT2D eigenvalue weighted by atomic mass is 9.92. The number of hydrogen-bond acceptors (Lipinski definition) is 1. The fourth-order valence-electron chi connectivity index (χ4n) is 2.98. The maximum Gasteiger partial charge on any atom is -0.00461 e. The van der Waals surface area contributed by atoms with Crippen molar-refractivity contribution in [1.29, 1.82) is 0 Å². The molecule has 2 N–H and O–H groups in total. The number of halogens is 1. The SMILES string of the molecule is Cl.NC[C@H]1CC[C@@H]2CCC[C@@H]21. The summed E-state index contributed by atoms with van der Waals surface area (Å²) in [5.74, 6) is 3.01. The monoisotopic (exact) mass is 175 g/mol. The summed E-state index contributed by atoms with van der Waals surface area (Å²) >= 11 is 0. The molecule has 2 aliphatic rings. The average molecular weight is 176 g/mol. The molecule has 3 atom stereocenters. The van der Waals surface area contributed by atoms with Crippen molar-refractivity contribution < 1.29 is 0 Å². The van der Waals surface area contributed by atoms with E-state index in [1.807, 2.05) is 0 Å². The van der Waals surface area contributed by atoms with E-state index in [1.165, 1.54) is 32.1 Å². The van der Waals surface area contributed by atoms with Gasteiger partial charge in [-0.1, -0.05) is 12.8 Å². The fraction of sp³-hybridized carbons (Fsp3) is 1.00. The highest BCUT2D eigenvalue weighted by molar-refractivity contribution is 5.85. The molecule has 0 aromatic rings. The standard InChI is InChI=1S/C9H17N.ClH/c10-6-8-5-4-7-2-1-3-9(7)8;/h7-9H,1-6,10H2;1H/t7-,8+,9-;/m0./s1. The minimum absolute atomic E-state index is 0. The molecule has 0 unspecified atom stereocenters. The quantitative estimate of drug-likeness (QED) is 0.650. The van der Waals surface area contributed by atoms with Crippen molar-refractivity contribution in [1.82, 2.24) is 0 Å². The lowest BCUT2D eigenvalue weighted by Gasteiger charge is -2.15. The third-order valence-corrected chi connectivity index (χ3v) is 3.53. The Balaban J connectivity index is 0.000000605. The van der Waals surface area contributed by atoms with Crippen LogP contribution in [0.4, 0.5) is 0 Å². The summed E-state index contributed by atoms with van der Waals surface area (Å²) in [7, 11) is 0. The van der Waals surface area contributed by atoms with Crippen LogP contribution < -0.4 is 5.73 Å². The van der Waals surface area contributed by atoms with E-state index in [9.17, 15) is 0 Å². The van der Waals surface area contributed by atoms with E-state index in [0.717, 1.165) is 24.3 Å². The van der Waals surface area contributed by atoms with Crippen LogP contribution in [0, 0.1) is 17.8 Å². The molecular formula is C9H18ClN. The van der Waals surface area contributed by atoms with Crippen LogP contribution in [0.15, 0.2) is 0 Å². The molecule has 2 fully saturated rings. The van der Waals surface area contributed by atoms with Crippen molar-refractivity contribution in [2.24, 2.45) is 23.5 Å². The molecule has 0 aromatic heterocycles. The third kappa shape index (κ3) is 1.54. The van der Waals surface area contributed by atoms with Crippen molar-refractivity contribution in [2.45, 2.75) is 32.1 Å². The van der Waals surface area contributed by atoms with Gasteiger partial charge in [0.1, 0.15) is 0 Å². The van der Waals surface area contributed by atoms with Crippen LogP contribution in [0.25, 0.3) is 0 Å². The summed E-state index contributed by atoms with van der Waals surface area (Å²) in [6.07, 6.45) is 7.36. The summed E-state index contributed by atoms with van der Waals surface area (Å²) in [5, 5.41) is 0. The van der Waals surface area contributed by atoms with Gasteiger partial charge in [-0.25, -0.2) is 0 Å². The van der Waals surface area contributed by atoms with Gasteiger partial charge in [0.25, 0.3) is 0 Å². The normalized spacial score (nSPS) is 41.7. The van der Waals surface area contributed by atoms with Crippen molar-refractivity contribution in [2.75, 3.05) is 6.54 Å². The van der Waals surface area contributed by atoms with Gasteiger partial charge in [-0.3, -0.25) is 0 Å². The molecule has 0 aliphatic heterocycles. The van der Waals surface area contributed by atoms with E-state index in [0.29, 0.717) is 0 Å². The summed E-state index contributed by atoms with van der Waals surface area (Å²) in [5.41, 5.74) is 5.69. The van der Waals surface area contributed by atoms with Crippen LogP contribution >= 0.6 is 12.4 Å². The van der Waals surface area contributed by atoms with Crippen molar-refractivity contribution >= 4 is 12.4 Å². The highest BCUT2D eigenvalue weighted by Crippen LogP contribution is 2.46. The second kappa shape index (κ2) is 3.77. The van der Waals surface area contributed by atoms with E-state index in [2.05, 4.69) is 0 Å². The number of rotatable bonds is 1. The van der Waals surface area contributed by atoms with Gasteiger partial charge in [0.05, 0.1) is 0 Å². The zero-order valence-corrected chi connectivity index (χ0v) is 7.78. The smallest absolute Gasteiger partial charge is 0.00461 e. The Morgan fingerprint density at radius 2 is 1.91 bits per heavy atom. The maximum atomic E-state index is 5.69. The van der Waals surface area contributed by atoms with Gasteiger partial charge in [-0.2, -0.15) is 0 Å². The van der Waals surface area contributed by atoms with Gasteiger partial charge in [-0.15, -0.1) is 12.4 Å². The minimum Gasteiger partial charge on any atom is -0.330 e. The Labute approximate surface area is 75.1 Å². The minimum atomic E-state index is 0. The van der Waals surface area contributed by atoms with Gasteiger partial charge in [0.2, 0.25) is 0 Å². The summed E-state index contributed by atoms with van der Waals surface area (Å²) in [4.78, 5) is 0. The molecule has 0 aromatic carbocycles. The van der Waals surface area contributed by atoms with Gasteiger partial charge in [0.15, 0.2) is 0 Å². The Morgan fingerprint density at radius 1 is 1.09 bits per heavy atom. The first-order chi connectivity index (χ1) is 4.92. The fourth-order valence-corrected chi connectivity index (χ4v) is 2.98. The van der Waals surface area contributed by atoms with Crippen LogP contribution in [0.1, 0.15) is 32.1 Å². The first kappa shape index (κ1) is 9.34. The van der Waals surface area contributed by atoms with Crippen molar-refractivity contribution in [3.05, 3.63) is 0 Å². The van der Waals surface area contributed by atoms with Crippen molar-refractivity contribution in [3.63, 3.8) is 0 Å². The zero-order chi connectivity index (χ0) is 6.97. The predicted molar refractivity (Wildman–Crippen MR) is 49.9 cm³/mol. The molecule has 0 amide bonds. The van der Waals surface area contributed by atoms with Gasteiger partial charge >= 0.3 is 0 Å². The van der Waals surface area contributed by atoms with E-state index < -0.39 is 0 Å². The molecule has 2 saturated carbocycles. The topological polar surface area (TPSA) is 26.0 Å². The third-order valence-electron chi connectivity index (χ3n) is 3.53. The lowest BCUT2D eigenvalue weighted by Crippen LogP contribution is -2.18. The molecular weight excluding hydrogens is 158 g/mol. The second-order valence-corrected chi connectivity index (χ2v) is 3.93. The second-order valence-electron chi connectivity index (χ2n) is 3.93. The van der Waals surface area contributed by atoms with Gasteiger partial charge in [0, 0.05) is 0 Å². The molecule has 2 heteroatoms. The number of fused-ring (bicyclic) bond motifs is 1. The first-order valence-corrected chi connectivity index (χ1v) is 4.62. The average Bonchev–Trinajstić information content (AvgIpc) is 2.44. The molecule has 11 heavy (non-hydrogen) atoms. The summed E-state index contributed by atoms with van der Waals surface area (Å²) in [6, 6.07) is 0. The highest BCUT2D eigenvalue weighted by atomic mass is 35.5. The number of hydrogen-bond donors (Lipinski definition) is 1. The van der Waals surface area contributed by atoms with Crippen LogP contribution in [-0.2, 0) is 0 Å². The lowest BCUT2D eigenvalue weighted by molar-refractivity contribution is 0.360. The van der Waals surface area contributed by atoms with Gasteiger partial charge < -0.3 is 5.73 Å². The van der Waals surface area contributed by atoms with Crippen LogP contribution in [0.3, 0.4) is 0 Å². The van der Waals surface area contributed by atoms with E-state index >= 15 is 0 Å². The maximum absolute atomic E-state index is 5.69. The molecule has 2 aliphatic carbocycles. The molecule has 1 nitrogen and oxygen atoms in total. The van der Waals surface area contributed by atoms with Crippen LogP contribution in [0.2, 0.25) is 0 Å². The Kier molecular flexibility index (Phi) is 3.20. The van der Waals surface area contributed by atoms with E-state index in [4.69, 9.17) is 5.73 Å². The molecule has 0 bridgehead atoms. The molecule has 66 valence electrons. The van der Waals surface area contributed by atoms with Gasteiger partial charge in [-0.05, 0) is 43.6 Å². The highest BCUT2D eigenvalue weighted by Gasteiger charge is 2.37. The van der Waals surface area contributed by atoms with Crippen LogP contribution in [0.5, 0.6) is 0 Å².